The van der Waals surface area contributed by atoms with E-state index in [2.05, 4.69) is 11.6 Å². The largest absolute Gasteiger partial charge is 0.444 e. The van der Waals surface area contributed by atoms with Crippen molar-refractivity contribution < 1.29 is 14.3 Å². The highest BCUT2D eigenvalue weighted by molar-refractivity contribution is 7.99. The molecule has 1 heterocycles. The fraction of sp³-hybridized carbons (Fsp3) is 0.917. The predicted octanol–water partition coefficient (Wildman–Crippen LogP) is 2.42. The number of carbonyl (C=O) groups is 1. The van der Waals surface area contributed by atoms with Crippen LogP contribution in [0.15, 0.2) is 0 Å². The Morgan fingerprint density at radius 2 is 2.18 bits per heavy atom. The Labute approximate surface area is 108 Å². The van der Waals surface area contributed by atoms with Gasteiger partial charge in [-0.05, 0) is 39.9 Å². The Morgan fingerprint density at radius 1 is 1.47 bits per heavy atom. The third-order valence-electron chi connectivity index (χ3n) is 2.53. The van der Waals surface area contributed by atoms with Crippen LogP contribution in [0, 0.1) is 0 Å². The fourth-order valence-electron chi connectivity index (χ4n) is 1.64. The Bertz CT molecular complexity index is 245. The van der Waals surface area contributed by atoms with E-state index in [-0.39, 0.29) is 12.2 Å². The van der Waals surface area contributed by atoms with E-state index >= 15 is 0 Å². The van der Waals surface area contributed by atoms with Gasteiger partial charge in [-0.1, -0.05) is 0 Å². The average Bonchev–Trinajstić information content (AvgIpc) is 2.25. The van der Waals surface area contributed by atoms with Crippen LogP contribution in [0.4, 0.5) is 4.79 Å². The van der Waals surface area contributed by atoms with Gasteiger partial charge in [-0.3, -0.25) is 0 Å². The minimum absolute atomic E-state index is 0.130. The van der Waals surface area contributed by atoms with E-state index in [1.165, 1.54) is 0 Å². The van der Waals surface area contributed by atoms with E-state index < -0.39 is 5.60 Å². The first-order valence-electron chi connectivity index (χ1n) is 6.02. The zero-order chi connectivity index (χ0) is 12.9. The minimum atomic E-state index is -0.443. The molecule has 0 aromatic rings. The van der Waals surface area contributed by atoms with Gasteiger partial charge in [0, 0.05) is 11.8 Å². The number of alkyl carbamates (subject to hydrolysis) is 1. The van der Waals surface area contributed by atoms with E-state index in [9.17, 15) is 4.79 Å². The molecule has 0 aromatic carbocycles. The molecule has 0 radical (unpaired) electrons. The number of nitrogens with one attached hydrogen (secondary N) is 1. The molecular weight excluding hydrogens is 238 g/mol. The first kappa shape index (κ1) is 14.6. The lowest BCUT2D eigenvalue weighted by Crippen LogP contribution is -2.40. The van der Waals surface area contributed by atoms with Gasteiger partial charge < -0.3 is 14.8 Å². The maximum Gasteiger partial charge on any atom is 0.407 e. The van der Waals surface area contributed by atoms with Gasteiger partial charge in [0.1, 0.15) is 5.60 Å². The minimum Gasteiger partial charge on any atom is -0.444 e. The summed E-state index contributed by atoms with van der Waals surface area (Å²) in [7, 11) is 0. The molecular formula is C12H23NO3S. The van der Waals surface area contributed by atoms with E-state index in [4.69, 9.17) is 9.47 Å². The van der Waals surface area contributed by atoms with Gasteiger partial charge >= 0.3 is 6.09 Å². The van der Waals surface area contributed by atoms with Crippen molar-refractivity contribution in [1.82, 2.24) is 5.32 Å². The van der Waals surface area contributed by atoms with Crippen molar-refractivity contribution in [2.45, 2.75) is 50.6 Å². The normalized spacial score (nSPS) is 25.4. The van der Waals surface area contributed by atoms with E-state index in [0.717, 1.165) is 19.4 Å². The third kappa shape index (κ3) is 6.17. The lowest BCUT2D eigenvalue weighted by Gasteiger charge is -2.28. The van der Waals surface area contributed by atoms with Gasteiger partial charge in [-0.25, -0.2) is 4.79 Å². The smallest absolute Gasteiger partial charge is 0.407 e. The lowest BCUT2D eigenvalue weighted by molar-refractivity contribution is 0.0139. The van der Waals surface area contributed by atoms with Gasteiger partial charge in [-0.15, -0.1) is 0 Å². The molecule has 2 atom stereocenters. The molecule has 0 spiro atoms. The summed E-state index contributed by atoms with van der Waals surface area (Å²) < 4.78 is 10.8. The summed E-state index contributed by atoms with van der Waals surface area (Å²) in [6.07, 6.45) is 4.02. The molecule has 1 rings (SSSR count). The van der Waals surface area contributed by atoms with Gasteiger partial charge in [0.2, 0.25) is 0 Å². The highest BCUT2D eigenvalue weighted by Crippen LogP contribution is 2.21. The maximum atomic E-state index is 11.4. The molecule has 0 bridgehead atoms. The van der Waals surface area contributed by atoms with Crippen LogP contribution in [0.5, 0.6) is 0 Å². The van der Waals surface area contributed by atoms with Crippen molar-refractivity contribution in [2.75, 3.05) is 19.4 Å². The van der Waals surface area contributed by atoms with Crippen LogP contribution in [0.3, 0.4) is 0 Å². The first-order valence-corrected chi connectivity index (χ1v) is 7.31. The number of hydrogen-bond acceptors (Lipinski definition) is 4. The Kier molecular flexibility index (Phi) is 5.59. The Morgan fingerprint density at radius 3 is 2.65 bits per heavy atom. The van der Waals surface area contributed by atoms with Gasteiger partial charge in [0.05, 0.1) is 12.7 Å². The number of thioether (sulfide) groups is 1. The molecule has 0 unspecified atom stereocenters. The lowest BCUT2D eigenvalue weighted by atomic mass is 10.1. The van der Waals surface area contributed by atoms with Crippen molar-refractivity contribution in [1.29, 1.82) is 0 Å². The number of rotatable bonds is 3. The summed E-state index contributed by atoms with van der Waals surface area (Å²) in [5.41, 5.74) is -0.443. The Balaban J connectivity index is 2.17. The first-order chi connectivity index (χ1) is 7.90. The van der Waals surface area contributed by atoms with Gasteiger partial charge in [0.25, 0.3) is 0 Å². The number of carbonyl (C=O) groups excluding carboxylic acids is 1. The fourth-order valence-corrected chi connectivity index (χ4v) is 2.23. The highest BCUT2D eigenvalue weighted by Gasteiger charge is 2.22. The second-order valence-corrected chi connectivity index (χ2v) is 6.41. The van der Waals surface area contributed by atoms with Crippen molar-refractivity contribution in [3.8, 4) is 0 Å². The monoisotopic (exact) mass is 261 g/mol. The standard InChI is InChI=1S/C12H23NO3S/c1-12(2,3)16-11(14)13-7-9-5-6-10(17-4)8-15-9/h9-10H,5-8H2,1-4H3,(H,13,14)/t9-,10+/m0/s1. The predicted molar refractivity (Wildman–Crippen MR) is 70.5 cm³/mol. The highest BCUT2D eigenvalue weighted by atomic mass is 32.2. The molecule has 0 saturated carbocycles. The Hall–Kier alpha value is -0.420. The van der Waals surface area contributed by atoms with Crippen molar-refractivity contribution >= 4 is 17.9 Å². The van der Waals surface area contributed by atoms with Crippen molar-refractivity contribution in [3.05, 3.63) is 0 Å². The average molecular weight is 261 g/mol. The van der Waals surface area contributed by atoms with E-state index in [1.54, 1.807) is 0 Å². The zero-order valence-electron chi connectivity index (χ0n) is 11.1. The molecule has 100 valence electrons. The molecule has 4 nitrogen and oxygen atoms in total. The third-order valence-corrected chi connectivity index (χ3v) is 3.57. The van der Waals surface area contributed by atoms with Crippen LogP contribution in [0.1, 0.15) is 33.6 Å². The molecule has 1 fully saturated rings. The molecule has 1 N–H and O–H groups in total. The summed E-state index contributed by atoms with van der Waals surface area (Å²) in [5, 5.41) is 3.35. The number of amides is 1. The second kappa shape index (κ2) is 6.50. The number of hydrogen-bond donors (Lipinski definition) is 1. The molecule has 5 heteroatoms. The summed E-state index contributed by atoms with van der Waals surface area (Å²) >= 11 is 1.84. The van der Waals surface area contributed by atoms with E-state index in [1.807, 2.05) is 32.5 Å². The van der Waals surface area contributed by atoms with Crippen LogP contribution in [0.2, 0.25) is 0 Å². The zero-order valence-corrected chi connectivity index (χ0v) is 11.9. The SMILES string of the molecule is CS[C@@H]1CC[C@@H](CNC(=O)OC(C)(C)C)OC1. The molecule has 1 aliphatic heterocycles. The van der Waals surface area contributed by atoms with Crippen LogP contribution in [-0.2, 0) is 9.47 Å². The molecule has 1 aliphatic rings. The molecule has 0 aliphatic carbocycles. The summed E-state index contributed by atoms with van der Waals surface area (Å²) in [5.74, 6) is 0. The van der Waals surface area contributed by atoms with Crippen molar-refractivity contribution in [2.24, 2.45) is 0 Å². The quantitative estimate of drug-likeness (QED) is 0.847. The van der Waals surface area contributed by atoms with Crippen LogP contribution >= 0.6 is 11.8 Å². The maximum absolute atomic E-state index is 11.4. The summed E-state index contributed by atoms with van der Waals surface area (Å²) in [6.45, 7) is 6.88. The van der Waals surface area contributed by atoms with Crippen LogP contribution in [-0.4, -0.2) is 42.5 Å². The van der Waals surface area contributed by atoms with Gasteiger partial charge in [-0.2, -0.15) is 11.8 Å². The summed E-state index contributed by atoms with van der Waals surface area (Å²) in [6, 6.07) is 0. The van der Waals surface area contributed by atoms with Crippen LogP contribution in [0.25, 0.3) is 0 Å². The molecule has 1 saturated heterocycles. The van der Waals surface area contributed by atoms with Crippen LogP contribution < -0.4 is 5.32 Å². The molecule has 1 amide bonds. The topological polar surface area (TPSA) is 47.6 Å². The summed E-state index contributed by atoms with van der Waals surface area (Å²) in [4.78, 5) is 11.4. The van der Waals surface area contributed by atoms with Gasteiger partial charge in [0.15, 0.2) is 0 Å². The second-order valence-electron chi connectivity index (χ2n) is 5.27. The molecule has 0 aromatic heterocycles. The van der Waals surface area contributed by atoms with E-state index in [0.29, 0.717) is 11.8 Å². The molecule has 17 heavy (non-hydrogen) atoms. The van der Waals surface area contributed by atoms with Crippen molar-refractivity contribution in [3.63, 3.8) is 0 Å². The number of ether oxygens (including phenoxy) is 2.